The molecule has 0 fully saturated rings. The molecule has 1 aromatic rings. The van der Waals surface area contributed by atoms with Crippen LogP contribution >= 0.6 is 0 Å². The number of hydrogen-bond acceptors (Lipinski definition) is 5. The van der Waals surface area contributed by atoms with E-state index < -0.39 is 5.97 Å². The van der Waals surface area contributed by atoms with Crippen LogP contribution in [0.5, 0.6) is 11.5 Å². The molecule has 0 atom stereocenters. The Hall–Kier alpha value is -1.75. The van der Waals surface area contributed by atoms with Crippen LogP contribution in [0.1, 0.15) is 22.3 Å². The lowest BCUT2D eigenvalue weighted by molar-refractivity contribution is 0.0599. The first-order valence-corrected chi connectivity index (χ1v) is 4.93. The highest BCUT2D eigenvalue weighted by Crippen LogP contribution is 2.30. The van der Waals surface area contributed by atoms with Crippen molar-refractivity contribution in [3.63, 3.8) is 0 Å². The third-order valence-electron chi connectivity index (χ3n) is 2.25. The van der Waals surface area contributed by atoms with Crippen molar-refractivity contribution in [3.05, 3.63) is 23.3 Å². The molecule has 0 aliphatic rings. The van der Waals surface area contributed by atoms with E-state index in [4.69, 9.17) is 5.73 Å². The second-order valence-corrected chi connectivity index (χ2v) is 3.38. The number of rotatable bonds is 4. The number of nitrogens with two attached hydrogens (primary N) is 1. The molecule has 0 radical (unpaired) electrons. The van der Waals surface area contributed by atoms with E-state index in [0.717, 1.165) is 0 Å². The summed E-state index contributed by atoms with van der Waals surface area (Å²) in [6.45, 7) is 0.470. The number of benzene rings is 1. The Balaban J connectivity index is 3.02. The molecular weight excluding hydrogens is 210 g/mol. The second-order valence-electron chi connectivity index (χ2n) is 3.38. The van der Waals surface area contributed by atoms with Crippen molar-refractivity contribution in [3.8, 4) is 11.5 Å². The Morgan fingerprint density at radius 2 is 1.94 bits per heavy atom. The largest absolute Gasteiger partial charge is 0.508 e. The van der Waals surface area contributed by atoms with Crippen molar-refractivity contribution in [2.45, 2.75) is 12.8 Å². The number of phenols is 2. The molecule has 1 aromatic carbocycles. The lowest BCUT2D eigenvalue weighted by atomic mass is 10.0. The molecule has 0 bridgehead atoms. The first-order valence-electron chi connectivity index (χ1n) is 4.93. The van der Waals surface area contributed by atoms with Gasteiger partial charge in [0.1, 0.15) is 11.5 Å². The zero-order valence-electron chi connectivity index (χ0n) is 9.06. The van der Waals surface area contributed by atoms with Gasteiger partial charge in [-0.2, -0.15) is 0 Å². The number of methoxy groups -OCH3 is 1. The van der Waals surface area contributed by atoms with Gasteiger partial charge in [0.05, 0.1) is 12.7 Å². The van der Waals surface area contributed by atoms with Crippen LogP contribution in [-0.4, -0.2) is 29.8 Å². The Bertz CT molecular complexity index is 367. The van der Waals surface area contributed by atoms with E-state index >= 15 is 0 Å². The predicted molar refractivity (Wildman–Crippen MR) is 58.5 cm³/mol. The molecule has 0 aliphatic heterocycles. The normalized spacial score (nSPS) is 10.1. The third kappa shape index (κ3) is 2.64. The number of phenolic OH excluding ortho intramolecular Hbond substituents is 2. The highest BCUT2D eigenvalue weighted by Gasteiger charge is 2.13. The lowest BCUT2D eigenvalue weighted by Crippen LogP contribution is -2.03. The highest BCUT2D eigenvalue weighted by atomic mass is 16.5. The summed E-state index contributed by atoms with van der Waals surface area (Å²) in [6, 6.07) is 2.55. The van der Waals surface area contributed by atoms with E-state index in [-0.39, 0.29) is 17.1 Å². The Morgan fingerprint density at radius 1 is 1.38 bits per heavy atom. The molecule has 0 aromatic heterocycles. The molecule has 0 unspecified atom stereocenters. The number of esters is 1. The highest BCUT2D eigenvalue weighted by molar-refractivity contribution is 5.90. The van der Waals surface area contributed by atoms with Crippen molar-refractivity contribution in [2.75, 3.05) is 13.7 Å². The molecule has 0 amide bonds. The second kappa shape index (κ2) is 5.37. The molecule has 88 valence electrons. The maximum Gasteiger partial charge on any atom is 0.338 e. The van der Waals surface area contributed by atoms with E-state index in [2.05, 4.69) is 4.74 Å². The van der Waals surface area contributed by atoms with Gasteiger partial charge in [0.15, 0.2) is 0 Å². The summed E-state index contributed by atoms with van der Waals surface area (Å²) in [5.74, 6) is -0.835. The fourth-order valence-corrected chi connectivity index (χ4v) is 1.41. The summed E-state index contributed by atoms with van der Waals surface area (Å²) in [6.07, 6.45) is 1.12. The van der Waals surface area contributed by atoms with Gasteiger partial charge in [-0.3, -0.25) is 0 Å². The summed E-state index contributed by atoms with van der Waals surface area (Å²) in [4.78, 5) is 11.2. The monoisotopic (exact) mass is 225 g/mol. The van der Waals surface area contributed by atoms with Gasteiger partial charge in [-0.1, -0.05) is 0 Å². The number of carbonyl (C=O) groups excluding carboxylic acids is 1. The average Bonchev–Trinajstić information content (AvgIpc) is 2.26. The van der Waals surface area contributed by atoms with Gasteiger partial charge in [0, 0.05) is 5.56 Å². The molecule has 4 N–H and O–H groups in total. The molecule has 5 heteroatoms. The average molecular weight is 225 g/mol. The maximum absolute atomic E-state index is 11.2. The van der Waals surface area contributed by atoms with Gasteiger partial charge in [0.2, 0.25) is 0 Å². The SMILES string of the molecule is COC(=O)c1cc(O)c(CCCN)c(O)c1. The van der Waals surface area contributed by atoms with Crippen LogP contribution in [0.2, 0.25) is 0 Å². The van der Waals surface area contributed by atoms with Crippen molar-refractivity contribution in [1.29, 1.82) is 0 Å². The molecule has 0 spiro atoms. The predicted octanol–water partition coefficient (Wildman–Crippen LogP) is 0.776. The number of aromatic hydroxyl groups is 2. The summed E-state index contributed by atoms with van der Waals surface area (Å²) >= 11 is 0. The molecule has 0 aliphatic carbocycles. The van der Waals surface area contributed by atoms with E-state index in [0.29, 0.717) is 24.9 Å². The van der Waals surface area contributed by atoms with Crippen LogP contribution < -0.4 is 5.73 Å². The third-order valence-corrected chi connectivity index (χ3v) is 2.25. The van der Waals surface area contributed by atoms with Gasteiger partial charge in [-0.15, -0.1) is 0 Å². The quantitative estimate of drug-likeness (QED) is 0.658. The van der Waals surface area contributed by atoms with Crippen LogP contribution in [0.3, 0.4) is 0 Å². The summed E-state index contributed by atoms with van der Waals surface area (Å²) < 4.78 is 4.49. The maximum atomic E-state index is 11.2. The summed E-state index contributed by atoms with van der Waals surface area (Å²) in [5.41, 5.74) is 5.86. The molecule has 0 saturated heterocycles. The first kappa shape index (κ1) is 12.3. The molecule has 1 rings (SSSR count). The minimum Gasteiger partial charge on any atom is -0.508 e. The summed E-state index contributed by atoms with van der Waals surface area (Å²) in [7, 11) is 1.23. The zero-order chi connectivity index (χ0) is 12.1. The van der Waals surface area contributed by atoms with Crippen LogP contribution in [0.4, 0.5) is 0 Å². The van der Waals surface area contributed by atoms with E-state index in [1.54, 1.807) is 0 Å². The number of hydrogen-bond donors (Lipinski definition) is 3. The molecule has 16 heavy (non-hydrogen) atoms. The van der Waals surface area contributed by atoms with Gasteiger partial charge in [-0.05, 0) is 31.5 Å². The Labute approximate surface area is 93.5 Å². The Morgan fingerprint density at radius 3 is 2.38 bits per heavy atom. The van der Waals surface area contributed by atoms with Crippen molar-refractivity contribution in [1.82, 2.24) is 0 Å². The smallest absolute Gasteiger partial charge is 0.338 e. The molecule has 0 saturated carbocycles. The number of carbonyl (C=O) groups is 1. The van der Waals surface area contributed by atoms with E-state index in [9.17, 15) is 15.0 Å². The topological polar surface area (TPSA) is 92.8 Å². The first-order chi connectivity index (χ1) is 7.60. The molecule has 5 nitrogen and oxygen atoms in total. The van der Waals surface area contributed by atoms with Gasteiger partial charge in [0.25, 0.3) is 0 Å². The van der Waals surface area contributed by atoms with Crippen molar-refractivity contribution >= 4 is 5.97 Å². The molecular formula is C11H15NO4. The van der Waals surface area contributed by atoms with Gasteiger partial charge < -0.3 is 20.7 Å². The standard InChI is InChI=1S/C11H15NO4/c1-16-11(15)7-5-9(13)8(3-2-4-12)10(14)6-7/h5-6,13-14H,2-4,12H2,1H3. The minimum absolute atomic E-state index is 0.117. The minimum atomic E-state index is -0.601. The fraction of sp³-hybridized carbons (Fsp3) is 0.364. The summed E-state index contributed by atoms with van der Waals surface area (Å²) in [5, 5.41) is 19.3. The Kier molecular flexibility index (Phi) is 4.13. The lowest BCUT2D eigenvalue weighted by Gasteiger charge is -2.08. The van der Waals surface area contributed by atoms with Gasteiger partial charge >= 0.3 is 5.97 Å². The van der Waals surface area contributed by atoms with Crippen LogP contribution in [0, 0.1) is 0 Å². The van der Waals surface area contributed by atoms with Crippen LogP contribution in [-0.2, 0) is 11.2 Å². The number of ether oxygens (including phenoxy) is 1. The van der Waals surface area contributed by atoms with Crippen LogP contribution in [0.15, 0.2) is 12.1 Å². The van der Waals surface area contributed by atoms with Crippen molar-refractivity contribution in [2.24, 2.45) is 5.73 Å². The van der Waals surface area contributed by atoms with Crippen LogP contribution in [0.25, 0.3) is 0 Å². The van der Waals surface area contributed by atoms with Crippen molar-refractivity contribution < 1.29 is 19.7 Å². The van der Waals surface area contributed by atoms with E-state index in [1.165, 1.54) is 19.2 Å². The van der Waals surface area contributed by atoms with E-state index in [1.807, 2.05) is 0 Å². The van der Waals surface area contributed by atoms with Gasteiger partial charge in [-0.25, -0.2) is 4.79 Å². The molecule has 0 heterocycles. The fourth-order valence-electron chi connectivity index (χ4n) is 1.41. The zero-order valence-corrected chi connectivity index (χ0v) is 9.06.